The molecule has 5 heteroatoms. The fourth-order valence-electron chi connectivity index (χ4n) is 1.99. The van der Waals surface area contributed by atoms with Crippen molar-refractivity contribution in [2.45, 2.75) is 16.8 Å². The molecule has 106 valence electrons. The molecule has 0 radical (unpaired) electrons. The molecule has 0 bridgehead atoms. The second kappa shape index (κ2) is 6.45. The quantitative estimate of drug-likeness (QED) is 0.772. The van der Waals surface area contributed by atoms with Crippen LogP contribution in [0.2, 0.25) is 0 Å². The van der Waals surface area contributed by atoms with E-state index in [0.717, 1.165) is 15.7 Å². The van der Waals surface area contributed by atoms with Crippen LogP contribution >= 0.6 is 11.8 Å². The minimum atomic E-state index is 0.688. The van der Waals surface area contributed by atoms with Crippen molar-refractivity contribution in [3.63, 3.8) is 0 Å². The zero-order chi connectivity index (χ0) is 14.5. The van der Waals surface area contributed by atoms with E-state index in [1.54, 1.807) is 18.0 Å². The molecule has 0 aliphatic heterocycles. The summed E-state index contributed by atoms with van der Waals surface area (Å²) in [7, 11) is 0. The standard InChI is InChI=1S/C16H15N3OS/c1-2-20-14-7-3-12(4-8-14)13-5-9-15(10-6-13)21-16-11-17-19-18-16/h3-11H,2H2,1H3,(H,17,18,19). The highest BCUT2D eigenvalue weighted by Crippen LogP contribution is 2.28. The van der Waals surface area contributed by atoms with Crippen molar-refractivity contribution in [1.29, 1.82) is 0 Å². The van der Waals surface area contributed by atoms with E-state index in [9.17, 15) is 0 Å². The third-order valence-electron chi connectivity index (χ3n) is 2.97. The first kappa shape index (κ1) is 13.7. The Hall–Kier alpha value is -2.27. The number of aromatic nitrogens is 3. The smallest absolute Gasteiger partial charge is 0.143 e. The summed E-state index contributed by atoms with van der Waals surface area (Å²) in [6, 6.07) is 16.5. The van der Waals surface area contributed by atoms with Crippen LogP contribution in [0.3, 0.4) is 0 Å². The zero-order valence-electron chi connectivity index (χ0n) is 11.6. The van der Waals surface area contributed by atoms with Gasteiger partial charge in [-0.25, -0.2) is 0 Å². The van der Waals surface area contributed by atoms with Gasteiger partial charge in [-0.3, -0.25) is 0 Å². The molecular formula is C16H15N3OS. The van der Waals surface area contributed by atoms with Crippen LogP contribution in [0, 0.1) is 0 Å². The van der Waals surface area contributed by atoms with Gasteiger partial charge in [0, 0.05) is 4.90 Å². The largest absolute Gasteiger partial charge is 0.494 e. The molecular weight excluding hydrogens is 282 g/mol. The van der Waals surface area contributed by atoms with Crippen LogP contribution in [0.1, 0.15) is 6.92 Å². The van der Waals surface area contributed by atoms with Gasteiger partial charge in [-0.1, -0.05) is 36.0 Å². The van der Waals surface area contributed by atoms with Crippen LogP contribution in [-0.4, -0.2) is 22.0 Å². The average Bonchev–Trinajstić information content (AvgIpc) is 3.02. The van der Waals surface area contributed by atoms with Crippen LogP contribution in [0.4, 0.5) is 0 Å². The van der Waals surface area contributed by atoms with Gasteiger partial charge in [0.1, 0.15) is 10.8 Å². The summed E-state index contributed by atoms with van der Waals surface area (Å²) < 4.78 is 5.46. The molecule has 0 saturated heterocycles. The molecule has 1 aromatic heterocycles. The van der Waals surface area contributed by atoms with Gasteiger partial charge >= 0.3 is 0 Å². The van der Waals surface area contributed by atoms with Crippen LogP contribution in [0.15, 0.2) is 64.6 Å². The van der Waals surface area contributed by atoms with Gasteiger partial charge in [0.05, 0.1) is 12.8 Å². The summed E-state index contributed by atoms with van der Waals surface area (Å²) in [5, 5.41) is 11.3. The SMILES string of the molecule is CCOc1ccc(-c2ccc(Sc3cn[nH]n3)cc2)cc1. The molecule has 3 aromatic rings. The van der Waals surface area contributed by atoms with E-state index in [0.29, 0.717) is 6.61 Å². The van der Waals surface area contributed by atoms with Crippen LogP contribution in [0.5, 0.6) is 5.75 Å². The number of H-pyrrole nitrogens is 1. The first-order valence-electron chi connectivity index (χ1n) is 6.72. The maximum Gasteiger partial charge on any atom is 0.143 e. The number of aromatic amines is 1. The molecule has 1 heterocycles. The lowest BCUT2D eigenvalue weighted by atomic mass is 10.1. The van der Waals surface area contributed by atoms with Crippen LogP contribution in [-0.2, 0) is 0 Å². The lowest BCUT2D eigenvalue weighted by molar-refractivity contribution is 0.340. The number of rotatable bonds is 5. The van der Waals surface area contributed by atoms with Gasteiger partial charge in [-0.2, -0.15) is 10.3 Å². The first-order chi connectivity index (χ1) is 10.3. The molecule has 0 atom stereocenters. The molecule has 0 aliphatic carbocycles. The molecule has 0 saturated carbocycles. The maximum absolute atomic E-state index is 5.46. The summed E-state index contributed by atoms with van der Waals surface area (Å²) >= 11 is 1.58. The summed E-state index contributed by atoms with van der Waals surface area (Å²) in [5.41, 5.74) is 2.36. The van der Waals surface area contributed by atoms with E-state index in [2.05, 4.69) is 51.8 Å². The van der Waals surface area contributed by atoms with Gasteiger partial charge in [-0.05, 0) is 42.3 Å². The molecule has 0 unspecified atom stereocenters. The highest BCUT2D eigenvalue weighted by atomic mass is 32.2. The van der Waals surface area contributed by atoms with Gasteiger partial charge in [-0.15, -0.1) is 5.10 Å². The van der Waals surface area contributed by atoms with Crippen molar-refractivity contribution in [2.24, 2.45) is 0 Å². The fraction of sp³-hybridized carbons (Fsp3) is 0.125. The summed E-state index contributed by atoms with van der Waals surface area (Å²) in [6.07, 6.45) is 1.71. The Morgan fingerprint density at radius 1 is 1.00 bits per heavy atom. The van der Waals surface area contributed by atoms with Gasteiger partial charge in [0.2, 0.25) is 0 Å². The van der Waals surface area contributed by atoms with Crippen LogP contribution < -0.4 is 4.74 Å². The molecule has 0 amide bonds. The predicted molar refractivity (Wildman–Crippen MR) is 83.6 cm³/mol. The average molecular weight is 297 g/mol. The Morgan fingerprint density at radius 3 is 2.24 bits per heavy atom. The molecule has 0 aliphatic rings. The van der Waals surface area contributed by atoms with E-state index in [4.69, 9.17) is 4.74 Å². The Labute approximate surface area is 127 Å². The van der Waals surface area contributed by atoms with Crippen molar-refractivity contribution in [3.05, 3.63) is 54.7 Å². The minimum absolute atomic E-state index is 0.688. The number of ether oxygens (including phenoxy) is 1. The highest BCUT2D eigenvalue weighted by Gasteiger charge is 2.02. The lowest BCUT2D eigenvalue weighted by Gasteiger charge is -2.06. The summed E-state index contributed by atoms with van der Waals surface area (Å²) in [6.45, 7) is 2.67. The number of nitrogens with one attached hydrogen (secondary N) is 1. The van der Waals surface area contributed by atoms with Gasteiger partial charge in [0.15, 0.2) is 0 Å². The van der Waals surface area contributed by atoms with E-state index in [1.807, 2.05) is 19.1 Å². The van der Waals surface area contributed by atoms with Gasteiger partial charge in [0.25, 0.3) is 0 Å². The third-order valence-corrected chi connectivity index (χ3v) is 3.88. The zero-order valence-corrected chi connectivity index (χ0v) is 12.4. The maximum atomic E-state index is 5.46. The second-order valence-electron chi connectivity index (χ2n) is 4.39. The summed E-state index contributed by atoms with van der Waals surface area (Å²) in [4.78, 5) is 1.14. The molecule has 0 fully saturated rings. The number of benzene rings is 2. The molecule has 21 heavy (non-hydrogen) atoms. The van der Waals surface area contributed by atoms with E-state index >= 15 is 0 Å². The third kappa shape index (κ3) is 3.44. The van der Waals surface area contributed by atoms with Crippen molar-refractivity contribution >= 4 is 11.8 Å². The van der Waals surface area contributed by atoms with E-state index < -0.39 is 0 Å². The Balaban J connectivity index is 1.74. The highest BCUT2D eigenvalue weighted by molar-refractivity contribution is 7.99. The van der Waals surface area contributed by atoms with Gasteiger partial charge < -0.3 is 4.74 Å². The first-order valence-corrected chi connectivity index (χ1v) is 7.54. The van der Waals surface area contributed by atoms with Crippen molar-refractivity contribution in [1.82, 2.24) is 15.4 Å². The van der Waals surface area contributed by atoms with E-state index in [-0.39, 0.29) is 0 Å². The lowest BCUT2D eigenvalue weighted by Crippen LogP contribution is -1.90. The van der Waals surface area contributed by atoms with Crippen molar-refractivity contribution in [3.8, 4) is 16.9 Å². The molecule has 4 nitrogen and oxygen atoms in total. The molecule has 0 spiro atoms. The molecule has 1 N–H and O–H groups in total. The van der Waals surface area contributed by atoms with E-state index in [1.165, 1.54) is 11.1 Å². The number of nitrogens with zero attached hydrogens (tertiary/aromatic N) is 2. The normalized spacial score (nSPS) is 10.5. The minimum Gasteiger partial charge on any atom is -0.494 e. The molecule has 3 rings (SSSR count). The van der Waals surface area contributed by atoms with Crippen molar-refractivity contribution < 1.29 is 4.74 Å². The monoisotopic (exact) mass is 297 g/mol. The Kier molecular flexibility index (Phi) is 4.21. The predicted octanol–water partition coefficient (Wildman–Crippen LogP) is 4.02. The molecule has 2 aromatic carbocycles. The summed E-state index contributed by atoms with van der Waals surface area (Å²) in [5.74, 6) is 0.902. The topological polar surface area (TPSA) is 50.8 Å². The van der Waals surface area contributed by atoms with Crippen molar-refractivity contribution in [2.75, 3.05) is 6.61 Å². The number of hydrogen-bond acceptors (Lipinski definition) is 4. The Bertz CT molecular complexity index is 679. The Morgan fingerprint density at radius 2 is 1.67 bits per heavy atom. The second-order valence-corrected chi connectivity index (χ2v) is 5.49. The number of hydrogen-bond donors (Lipinski definition) is 1. The fourth-order valence-corrected chi connectivity index (χ4v) is 2.69. The van der Waals surface area contributed by atoms with Crippen LogP contribution in [0.25, 0.3) is 11.1 Å².